The highest BCUT2D eigenvalue weighted by molar-refractivity contribution is 6.61. The first-order chi connectivity index (χ1) is 9.14. The van der Waals surface area contributed by atoms with Gasteiger partial charge in [0.15, 0.2) is 0 Å². The molecule has 0 spiro atoms. The summed E-state index contributed by atoms with van der Waals surface area (Å²) in [6, 6.07) is 10.4. The van der Waals surface area contributed by atoms with Gasteiger partial charge in [0, 0.05) is 31.0 Å². The Kier molecular flexibility index (Phi) is 3.21. The van der Waals surface area contributed by atoms with E-state index in [9.17, 15) is 0 Å². The normalized spacial score (nSPS) is 18.5. The van der Waals surface area contributed by atoms with Crippen LogP contribution in [0.5, 0.6) is 0 Å². The Morgan fingerprint density at radius 3 is 2.26 bits per heavy atom. The summed E-state index contributed by atoms with van der Waals surface area (Å²) < 4.78 is 11.6. The number of benzene rings is 1. The van der Waals surface area contributed by atoms with Gasteiger partial charge in [0.05, 0.1) is 0 Å². The van der Waals surface area contributed by atoms with Crippen LogP contribution in [0.3, 0.4) is 0 Å². The molecule has 0 atom stereocenters. The summed E-state index contributed by atoms with van der Waals surface area (Å²) in [5.41, 5.74) is 3.58. The van der Waals surface area contributed by atoms with Gasteiger partial charge < -0.3 is 14.3 Å². The molecule has 1 fully saturated rings. The first-order valence-electron chi connectivity index (χ1n) is 6.60. The van der Waals surface area contributed by atoms with Crippen LogP contribution in [0, 0.1) is 5.41 Å². The van der Waals surface area contributed by atoms with Crippen molar-refractivity contribution in [3.8, 4) is 11.1 Å². The Morgan fingerprint density at radius 2 is 1.68 bits per heavy atom. The van der Waals surface area contributed by atoms with Crippen LogP contribution < -0.4 is 5.46 Å². The molecule has 3 rings (SSSR count). The van der Waals surface area contributed by atoms with Crippen LogP contribution in [-0.2, 0) is 9.31 Å². The van der Waals surface area contributed by atoms with Crippen molar-refractivity contribution in [1.82, 2.24) is 4.98 Å². The fraction of sp³-hybridized carbons (Fsp3) is 0.333. The minimum atomic E-state index is -0.228. The molecular formula is C15H18BNO2. The summed E-state index contributed by atoms with van der Waals surface area (Å²) in [5.74, 6) is 0. The molecule has 0 unspecified atom stereocenters. The van der Waals surface area contributed by atoms with Gasteiger partial charge in [-0.15, -0.1) is 0 Å². The minimum absolute atomic E-state index is 0.113. The topological polar surface area (TPSA) is 34.2 Å². The van der Waals surface area contributed by atoms with Crippen molar-refractivity contribution in [3.05, 3.63) is 42.7 Å². The first-order valence-corrected chi connectivity index (χ1v) is 6.60. The third kappa shape index (κ3) is 2.75. The van der Waals surface area contributed by atoms with E-state index in [0.29, 0.717) is 0 Å². The van der Waals surface area contributed by atoms with Crippen molar-refractivity contribution in [2.45, 2.75) is 13.8 Å². The van der Waals surface area contributed by atoms with Crippen LogP contribution in [-0.4, -0.2) is 25.3 Å². The Hall–Kier alpha value is -1.52. The molecule has 0 aliphatic carbocycles. The van der Waals surface area contributed by atoms with Crippen molar-refractivity contribution in [2.24, 2.45) is 5.41 Å². The molecule has 0 radical (unpaired) electrons. The number of H-pyrrole nitrogens is 1. The third-order valence-corrected chi connectivity index (χ3v) is 3.37. The number of rotatable bonds is 2. The zero-order valence-electron chi connectivity index (χ0n) is 11.3. The summed E-state index contributed by atoms with van der Waals surface area (Å²) in [5, 5.41) is 0. The van der Waals surface area contributed by atoms with Crippen LogP contribution in [0.1, 0.15) is 13.8 Å². The second-order valence-corrected chi connectivity index (χ2v) is 5.84. The molecule has 1 aliphatic rings. The van der Waals surface area contributed by atoms with E-state index in [2.05, 4.69) is 49.2 Å². The van der Waals surface area contributed by atoms with Crippen molar-refractivity contribution in [3.63, 3.8) is 0 Å². The van der Waals surface area contributed by atoms with Gasteiger partial charge in [-0.05, 0) is 22.7 Å². The lowest BCUT2D eigenvalue weighted by molar-refractivity contribution is 0.0343. The second-order valence-electron chi connectivity index (χ2n) is 5.84. The van der Waals surface area contributed by atoms with E-state index in [1.54, 1.807) is 0 Å². The standard InChI is InChI=1S/C15H18BNO2/c1-15(2)10-18-16(19-11-15)14-5-3-12(4-6-14)13-7-8-17-9-13/h3-9,17H,10-11H2,1-2H3. The van der Waals surface area contributed by atoms with Gasteiger partial charge >= 0.3 is 7.12 Å². The summed E-state index contributed by atoms with van der Waals surface area (Å²) in [7, 11) is -0.228. The van der Waals surface area contributed by atoms with Gasteiger partial charge in [0.25, 0.3) is 0 Å². The number of hydrogen-bond donors (Lipinski definition) is 1. The maximum atomic E-state index is 5.78. The van der Waals surface area contributed by atoms with Gasteiger partial charge in [-0.2, -0.15) is 0 Å². The highest BCUT2D eigenvalue weighted by Gasteiger charge is 2.33. The molecule has 2 aromatic rings. The molecule has 0 amide bonds. The molecule has 2 heterocycles. The minimum Gasteiger partial charge on any atom is -0.407 e. The Bertz CT molecular complexity index is 524. The first kappa shape index (κ1) is 12.5. The average molecular weight is 255 g/mol. The number of aromatic amines is 1. The van der Waals surface area contributed by atoms with Gasteiger partial charge in [-0.25, -0.2) is 0 Å². The molecule has 4 heteroatoms. The summed E-state index contributed by atoms with van der Waals surface area (Å²) in [4.78, 5) is 3.07. The molecule has 19 heavy (non-hydrogen) atoms. The van der Waals surface area contributed by atoms with Crippen LogP contribution in [0.2, 0.25) is 0 Å². The third-order valence-electron chi connectivity index (χ3n) is 3.37. The van der Waals surface area contributed by atoms with Crippen LogP contribution >= 0.6 is 0 Å². The summed E-state index contributed by atoms with van der Waals surface area (Å²) >= 11 is 0. The lowest BCUT2D eigenvalue weighted by Crippen LogP contribution is -2.47. The molecule has 1 N–H and O–H groups in total. The SMILES string of the molecule is CC1(C)COB(c2ccc(-c3cc[nH]c3)cc2)OC1. The Labute approximate surface area is 114 Å². The molecule has 1 aliphatic heterocycles. The molecule has 98 valence electrons. The van der Waals surface area contributed by atoms with Crippen molar-refractivity contribution in [1.29, 1.82) is 0 Å². The zero-order chi connectivity index (χ0) is 13.3. The summed E-state index contributed by atoms with van der Waals surface area (Å²) in [6.45, 7) is 5.77. The van der Waals surface area contributed by atoms with E-state index < -0.39 is 0 Å². The van der Waals surface area contributed by atoms with E-state index in [4.69, 9.17) is 9.31 Å². The molecular weight excluding hydrogens is 237 g/mol. The van der Waals surface area contributed by atoms with E-state index >= 15 is 0 Å². The highest BCUT2D eigenvalue weighted by atomic mass is 16.6. The maximum Gasteiger partial charge on any atom is 0.493 e. The lowest BCUT2D eigenvalue weighted by Gasteiger charge is -2.33. The van der Waals surface area contributed by atoms with E-state index in [1.807, 2.05) is 12.4 Å². The largest absolute Gasteiger partial charge is 0.493 e. The quantitative estimate of drug-likeness (QED) is 0.836. The average Bonchev–Trinajstić information content (AvgIpc) is 2.93. The second kappa shape index (κ2) is 4.87. The predicted octanol–water partition coefficient (Wildman–Crippen LogP) is 2.45. The van der Waals surface area contributed by atoms with Gasteiger partial charge in [-0.1, -0.05) is 38.1 Å². The smallest absolute Gasteiger partial charge is 0.407 e. The van der Waals surface area contributed by atoms with Gasteiger partial charge in [0.2, 0.25) is 0 Å². The maximum absolute atomic E-state index is 5.78. The predicted molar refractivity (Wildman–Crippen MR) is 77.3 cm³/mol. The van der Waals surface area contributed by atoms with Gasteiger partial charge in [-0.3, -0.25) is 0 Å². The van der Waals surface area contributed by atoms with Gasteiger partial charge in [0.1, 0.15) is 0 Å². The Morgan fingerprint density at radius 1 is 1.00 bits per heavy atom. The molecule has 0 bridgehead atoms. The van der Waals surface area contributed by atoms with Crippen LogP contribution in [0.4, 0.5) is 0 Å². The highest BCUT2D eigenvalue weighted by Crippen LogP contribution is 2.22. The monoisotopic (exact) mass is 255 g/mol. The number of nitrogens with one attached hydrogen (secondary N) is 1. The number of hydrogen-bond acceptors (Lipinski definition) is 2. The lowest BCUT2D eigenvalue weighted by atomic mass is 9.75. The molecule has 1 aromatic carbocycles. The van der Waals surface area contributed by atoms with E-state index in [-0.39, 0.29) is 12.5 Å². The van der Waals surface area contributed by atoms with Crippen molar-refractivity contribution >= 4 is 12.6 Å². The molecule has 3 nitrogen and oxygen atoms in total. The summed E-state index contributed by atoms with van der Waals surface area (Å²) in [6.07, 6.45) is 3.92. The Balaban J connectivity index is 1.73. The van der Waals surface area contributed by atoms with Crippen molar-refractivity contribution < 1.29 is 9.31 Å². The fourth-order valence-corrected chi connectivity index (χ4v) is 2.22. The molecule has 1 aromatic heterocycles. The molecule has 0 saturated carbocycles. The zero-order valence-corrected chi connectivity index (χ0v) is 11.3. The fourth-order valence-electron chi connectivity index (χ4n) is 2.22. The van der Waals surface area contributed by atoms with E-state index in [1.165, 1.54) is 11.1 Å². The van der Waals surface area contributed by atoms with Crippen LogP contribution in [0.25, 0.3) is 11.1 Å². The van der Waals surface area contributed by atoms with Crippen molar-refractivity contribution in [2.75, 3.05) is 13.2 Å². The molecule has 1 saturated heterocycles. The number of aromatic nitrogens is 1. The van der Waals surface area contributed by atoms with E-state index in [0.717, 1.165) is 18.7 Å². The van der Waals surface area contributed by atoms with Crippen LogP contribution in [0.15, 0.2) is 42.7 Å².